The number of hydrogen-bond donors (Lipinski definition) is 1. The molecule has 166 valence electrons. The van der Waals surface area contributed by atoms with Crippen LogP contribution in [-0.4, -0.2) is 45.7 Å². The average molecular weight is 430 g/mol. The minimum absolute atomic E-state index is 0.00143. The van der Waals surface area contributed by atoms with Gasteiger partial charge >= 0.3 is 12.1 Å². The SMILES string of the molecule is CC(C)(C)OC(=O)N1CCC(c2cccc(OCc3cc(C(=O)O)ccc3F)n2)CC1. The standard InChI is InChI=1S/C23H27FN2O5/c1-23(2,3)31-22(29)26-11-9-15(10-12-26)19-5-4-6-20(25-19)30-14-17-13-16(21(27)28)7-8-18(17)24/h4-8,13,15H,9-12,14H2,1-3H3,(H,27,28). The molecule has 3 rings (SSSR count). The lowest BCUT2D eigenvalue weighted by molar-refractivity contribution is 0.0203. The Kier molecular flexibility index (Phi) is 6.77. The summed E-state index contributed by atoms with van der Waals surface area (Å²) in [5.41, 5.74) is 0.474. The van der Waals surface area contributed by atoms with Gasteiger partial charge in [-0.1, -0.05) is 6.07 Å². The number of carbonyl (C=O) groups is 2. The normalized spacial score (nSPS) is 14.9. The molecule has 0 spiro atoms. The van der Waals surface area contributed by atoms with Crippen molar-refractivity contribution in [3.05, 3.63) is 59.0 Å². The highest BCUT2D eigenvalue weighted by Gasteiger charge is 2.28. The van der Waals surface area contributed by atoms with E-state index in [1.165, 1.54) is 12.1 Å². The second kappa shape index (κ2) is 9.32. The molecule has 2 aromatic rings. The number of halogens is 1. The number of ether oxygens (including phenoxy) is 2. The number of carboxylic acid groups (broad SMARTS) is 1. The molecule has 1 fully saturated rings. The smallest absolute Gasteiger partial charge is 0.410 e. The Morgan fingerprint density at radius 2 is 1.90 bits per heavy atom. The highest BCUT2D eigenvalue weighted by Crippen LogP contribution is 2.29. The van der Waals surface area contributed by atoms with Gasteiger partial charge in [0.25, 0.3) is 0 Å². The topological polar surface area (TPSA) is 89.0 Å². The first-order chi connectivity index (χ1) is 14.6. The molecule has 7 nitrogen and oxygen atoms in total. The van der Waals surface area contributed by atoms with Crippen LogP contribution in [0.1, 0.15) is 61.1 Å². The molecule has 1 aromatic carbocycles. The molecule has 0 aliphatic carbocycles. The van der Waals surface area contributed by atoms with Crippen LogP contribution in [0, 0.1) is 5.82 Å². The second-order valence-corrected chi connectivity index (χ2v) is 8.54. The van der Waals surface area contributed by atoms with E-state index in [4.69, 9.17) is 14.6 Å². The van der Waals surface area contributed by atoms with Gasteiger partial charge < -0.3 is 19.5 Å². The summed E-state index contributed by atoms with van der Waals surface area (Å²) in [6.45, 7) is 6.57. The summed E-state index contributed by atoms with van der Waals surface area (Å²) < 4.78 is 25.0. The van der Waals surface area contributed by atoms with Gasteiger partial charge in [-0.3, -0.25) is 0 Å². The highest BCUT2D eigenvalue weighted by molar-refractivity contribution is 5.87. The Hall–Kier alpha value is -3.16. The number of carboxylic acids is 1. The summed E-state index contributed by atoms with van der Waals surface area (Å²) >= 11 is 0. The van der Waals surface area contributed by atoms with Crippen LogP contribution in [0.2, 0.25) is 0 Å². The van der Waals surface area contributed by atoms with E-state index in [1.807, 2.05) is 32.9 Å². The van der Waals surface area contributed by atoms with Crippen LogP contribution in [0.5, 0.6) is 5.88 Å². The van der Waals surface area contributed by atoms with Gasteiger partial charge in [0.15, 0.2) is 0 Å². The molecule has 1 amide bonds. The molecule has 0 bridgehead atoms. The van der Waals surface area contributed by atoms with Crippen molar-refractivity contribution in [2.24, 2.45) is 0 Å². The largest absolute Gasteiger partial charge is 0.478 e. The minimum Gasteiger partial charge on any atom is -0.478 e. The Morgan fingerprint density at radius 1 is 1.19 bits per heavy atom. The van der Waals surface area contributed by atoms with E-state index >= 15 is 0 Å². The molecular formula is C23H27FN2O5. The quantitative estimate of drug-likeness (QED) is 0.745. The molecular weight excluding hydrogens is 403 g/mol. The number of carbonyl (C=O) groups excluding carboxylic acids is 1. The fraction of sp³-hybridized carbons (Fsp3) is 0.435. The van der Waals surface area contributed by atoms with E-state index in [1.54, 1.807) is 11.0 Å². The number of benzene rings is 1. The maximum absolute atomic E-state index is 14.0. The molecule has 0 radical (unpaired) electrons. The molecule has 8 heteroatoms. The van der Waals surface area contributed by atoms with E-state index in [0.717, 1.165) is 24.6 Å². The fourth-order valence-electron chi connectivity index (χ4n) is 3.39. The Bertz CT molecular complexity index is 949. The molecule has 0 atom stereocenters. The zero-order valence-electron chi connectivity index (χ0n) is 17.9. The number of piperidine rings is 1. The maximum atomic E-state index is 14.0. The highest BCUT2D eigenvalue weighted by atomic mass is 19.1. The summed E-state index contributed by atoms with van der Waals surface area (Å²) in [4.78, 5) is 29.5. The van der Waals surface area contributed by atoms with Crippen LogP contribution < -0.4 is 4.74 Å². The third kappa shape index (κ3) is 6.16. The van der Waals surface area contributed by atoms with Crippen LogP contribution in [0.25, 0.3) is 0 Å². The Labute approximate surface area is 180 Å². The van der Waals surface area contributed by atoms with E-state index < -0.39 is 17.4 Å². The molecule has 2 heterocycles. The van der Waals surface area contributed by atoms with Crippen LogP contribution in [0.4, 0.5) is 9.18 Å². The van der Waals surface area contributed by atoms with Gasteiger partial charge in [0, 0.05) is 36.3 Å². The fourth-order valence-corrected chi connectivity index (χ4v) is 3.39. The number of rotatable bonds is 5. The lowest BCUT2D eigenvalue weighted by Crippen LogP contribution is -2.41. The van der Waals surface area contributed by atoms with Gasteiger partial charge in [0.2, 0.25) is 5.88 Å². The third-order valence-electron chi connectivity index (χ3n) is 4.98. The van der Waals surface area contributed by atoms with E-state index in [0.29, 0.717) is 19.0 Å². The summed E-state index contributed by atoms with van der Waals surface area (Å²) in [5.74, 6) is -1.14. The van der Waals surface area contributed by atoms with Gasteiger partial charge in [-0.15, -0.1) is 0 Å². The minimum atomic E-state index is -1.13. The maximum Gasteiger partial charge on any atom is 0.410 e. The summed E-state index contributed by atoms with van der Waals surface area (Å²) in [6, 6.07) is 8.99. The summed E-state index contributed by atoms with van der Waals surface area (Å²) in [6.07, 6.45) is 1.21. The molecule has 0 saturated carbocycles. The number of aromatic nitrogens is 1. The van der Waals surface area contributed by atoms with Crippen molar-refractivity contribution in [3.8, 4) is 5.88 Å². The van der Waals surface area contributed by atoms with Crippen LogP contribution in [-0.2, 0) is 11.3 Å². The number of pyridine rings is 1. The zero-order valence-corrected chi connectivity index (χ0v) is 17.9. The van der Waals surface area contributed by atoms with Crippen molar-refractivity contribution >= 4 is 12.1 Å². The summed E-state index contributed by atoms with van der Waals surface area (Å²) in [7, 11) is 0. The first-order valence-corrected chi connectivity index (χ1v) is 10.2. The second-order valence-electron chi connectivity index (χ2n) is 8.54. The lowest BCUT2D eigenvalue weighted by Gasteiger charge is -2.33. The predicted molar refractivity (Wildman–Crippen MR) is 112 cm³/mol. The number of aromatic carboxylic acids is 1. The van der Waals surface area contributed by atoms with Crippen molar-refractivity contribution in [1.82, 2.24) is 9.88 Å². The van der Waals surface area contributed by atoms with Gasteiger partial charge in [0.05, 0.1) is 5.56 Å². The van der Waals surface area contributed by atoms with E-state index in [-0.39, 0.29) is 29.7 Å². The van der Waals surface area contributed by atoms with Crippen molar-refractivity contribution in [1.29, 1.82) is 0 Å². The van der Waals surface area contributed by atoms with E-state index in [2.05, 4.69) is 4.98 Å². The third-order valence-corrected chi connectivity index (χ3v) is 4.98. The van der Waals surface area contributed by atoms with Crippen molar-refractivity contribution in [2.75, 3.05) is 13.1 Å². The first kappa shape index (κ1) is 22.5. The molecule has 1 N–H and O–H groups in total. The number of hydrogen-bond acceptors (Lipinski definition) is 5. The van der Waals surface area contributed by atoms with Crippen molar-refractivity contribution in [2.45, 2.75) is 51.7 Å². The van der Waals surface area contributed by atoms with Gasteiger partial charge in [0.1, 0.15) is 18.0 Å². The van der Waals surface area contributed by atoms with Crippen molar-refractivity contribution in [3.63, 3.8) is 0 Å². The Morgan fingerprint density at radius 3 is 2.55 bits per heavy atom. The molecule has 31 heavy (non-hydrogen) atoms. The zero-order chi connectivity index (χ0) is 22.6. The number of amides is 1. The van der Waals surface area contributed by atoms with Crippen molar-refractivity contribution < 1.29 is 28.6 Å². The number of likely N-dealkylation sites (tertiary alicyclic amines) is 1. The molecule has 1 aliphatic rings. The molecule has 1 aromatic heterocycles. The number of nitrogens with zero attached hydrogens (tertiary/aromatic N) is 2. The monoisotopic (exact) mass is 430 g/mol. The molecule has 1 aliphatic heterocycles. The van der Waals surface area contributed by atoms with Crippen LogP contribution >= 0.6 is 0 Å². The van der Waals surface area contributed by atoms with E-state index in [9.17, 15) is 14.0 Å². The molecule has 0 unspecified atom stereocenters. The van der Waals surface area contributed by atoms with Crippen LogP contribution in [0.3, 0.4) is 0 Å². The van der Waals surface area contributed by atoms with Gasteiger partial charge in [-0.2, -0.15) is 0 Å². The Balaban J connectivity index is 1.60. The van der Waals surface area contributed by atoms with Gasteiger partial charge in [-0.25, -0.2) is 19.0 Å². The lowest BCUT2D eigenvalue weighted by atomic mass is 9.93. The summed E-state index contributed by atoms with van der Waals surface area (Å²) in [5, 5.41) is 9.07. The first-order valence-electron chi connectivity index (χ1n) is 10.2. The molecule has 1 saturated heterocycles. The average Bonchev–Trinajstić information content (AvgIpc) is 2.72. The van der Waals surface area contributed by atoms with Gasteiger partial charge in [-0.05, 0) is 57.9 Å². The van der Waals surface area contributed by atoms with Crippen LogP contribution in [0.15, 0.2) is 36.4 Å². The predicted octanol–water partition coefficient (Wildman–Crippen LogP) is 4.61.